The summed E-state index contributed by atoms with van der Waals surface area (Å²) in [4.78, 5) is 12.0. The topological polar surface area (TPSA) is 67.8 Å². The third-order valence-electron chi connectivity index (χ3n) is 4.25. The normalized spacial score (nSPS) is 11.6. The highest BCUT2D eigenvalue weighted by Crippen LogP contribution is 2.27. The van der Waals surface area contributed by atoms with Crippen molar-refractivity contribution >= 4 is 6.09 Å². The molecule has 0 radical (unpaired) electrons. The van der Waals surface area contributed by atoms with Gasteiger partial charge < -0.3 is 19.9 Å². The molecular formula is C21H27NO4. The molecule has 2 rings (SSSR count). The van der Waals surface area contributed by atoms with E-state index < -0.39 is 0 Å². The van der Waals surface area contributed by atoms with Crippen molar-refractivity contribution in [1.82, 2.24) is 5.32 Å². The molecule has 0 fully saturated rings. The second-order valence-corrected chi connectivity index (χ2v) is 6.14. The zero-order chi connectivity index (χ0) is 18.8. The fourth-order valence-corrected chi connectivity index (χ4v) is 2.70. The Balaban J connectivity index is 1.74. The third-order valence-corrected chi connectivity index (χ3v) is 4.25. The molecule has 0 aromatic heterocycles. The van der Waals surface area contributed by atoms with E-state index in [9.17, 15) is 9.90 Å². The maximum atomic E-state index is 12.0. The van der Waals surface area contributed by atoms with Gasteiger partial charge in [-0.15, -0.1) is 0 Å². The SMILES string of the molecule is CCC(CCc1ccc(O)c(OC)c1)OC(=O)NCCc1ccccc1. The van der Waals surface area contributed by atoms with Crippen molar-refractivity contribution in [1.29, 1.82) is 0 Å². The molecule has 1 atom stereocenters. The third kappa shape index (κ3) is 6.31. The molecule has 26 heavy (non-hydrogen) atoms. The van der Waals surface area contributed by atoms with E-state index in [1.807, 2.05) is 49.4 Å². The summed E-state index contributed by atoms with van der Waals surface area (Å²) in [6.45, 7) is 2.55. The van der Waals surface area contributed by atoms with Crippen LogP contribution in [0.1, 0.15) is 30.9 Å². The van der Waals surface area contributed by atoms with Gasteiger partial charge in [-0.25, -0.2) is 4.79 Å². The molecule has 5 heteroatoms. The number of aromatic hydroxyl groups is 1. The summed E-state index contributed by atoms with van der Waals surface area (Å²) in [5, 5.41) is 12.4. The van der Waals surface area contributed by atoms with E-state index >= 15 is 0 Å². The van der Waals surface area contributed by atoms with Gasteiger partial charge in [-0.05, 0) is 48.9 Å². The highest BCUT2D eigenvalue weighted by Gasteiger charge is 2.13. The molecule has 0 saturated carbocycles. The number of rotatable bonds is 9. The zero-order valence-corrected chi connectivity index (χ0v) is 15.4. The first kappa shape index (κ1) is 19.6. The van der Waals surface area contributed by atoms with Crippen molar-refractivity contribution in [3.8, 4) is 11.5 Å². The molecular weight excluding hydrogens is 330 g/mol. The molecule has 0 heterocycles. The van der Waals surface area contributed by atoms with Crippen LogP contribution in [0.5, 0.6) is 11.5 Å². The number of amides is 1. The molecule has 0 aliphatic heterocycles. The van der Waals surface area contributed by atoms with E-state index in [0.29, 0.717) is 12.3 Å². The van der Waals surface area contributed by atoms with Crippen LogP contribution < -0.4 is 10.1 Å². The van der Waals surface area contributed by atoms with Crippen molar-refractivity contribution < 1.29 is 19.4 Å². The minimum atomic E-state index is -0.379. The number of nitrogens with one attached hydrogen (secondary N) is 1. The first-order chi connectivity index (χ1) is 12.6. The summed E-state index contributed by atoms with van der Waals surface area (Å²) in [6, 6.07) is 15.3. The Kier molecular flexibility index (Phi) is 7.80. The molecule has 0 bridgehead atoms. The molecule has 2 N–H and O–H groups in total. The molecule has 1 amide bonds. The van der Waals surface area contributed by atoms with Crippen LogP contribution in [0.4, 0.5) is 4.79 Å². The van der Waals surface area contributed by atoms with Gasteiger partial charge in [0.15, 0.2) is 11.5 Å². The molecule has 5 nitrogen and oxygen atoms in total. The number of hydrogen-bond acceptors (Lipinski definition) is 4. The Labute approximate surface area is 155 Å². The Bertz CT molecular complexity index is 688. The lowest BCUT2D eigenvalue weighted by Gasteiger charge is -2.17. The van der Waals surface area contributed by atoms with Crippen molar-refractivity contribution in [2.45, 2.75) is 38.7 Å². The average molecular weight is 357 g/mol. The number of phenolic OH excluding ortho intramolecular Hbond substituents is 1. The Morgan fingerprint density at radius 1 is 1.12 bits per heavy atom. The zero-order valence-electron chi connectivity index (χ0n) is 15.4. The summed E-state index contributed by atoms with van der Waals surface area (Å²) >= 11 is 0. The Morgan fingerprint density at radius 3 is 2.58 bits per heavy atom. The van der Waals surface area contributed by atoms with Gasteiger partial charge in [0.2, 0.25) is 0 Å². The van der Waals surface area contributed by atoms with Crippen molar-refractivity contribution in [2.24, 2.45) is 0 Å². The number of carbonyl (C=O) groups excluding carboxylic acids is 1. The monoisotopic (exact) mass is 357 g/mol. The predicted octanol–water partition coefficient (Wildman–Crippen LogP) is 4.08. The van der Waals surface area contributed by atoms with Gasteiger partial charge in [-0.2, -0.15) is 0 Å². The van der Waals surface area contributed by atoms with Gasteiger partial charge in [0.1, 0.15) is 6.10 Å². The lowest BCUT2D eigenvalue weighted by atomic mass is 10.0. The van der Waals surface area contributed by atoms with E-state index in [2.05, 4.69) is 5.32 Å². The van der Waals surface area contributed by atoms with Crippen LogP contribution in [-0.4, -0.2) is 31.0 Å². The smallest absolute Gasteiger partial charge is 0.407 e. The number of phenols is 1. The lowest BCUT2D eigenvalue weighted by molar-refractivity contribution is 0.0905. The average Bonchev–Trinajstić information content (AvgIpc) is 2.67. The summed E-state index contributed by atoms with van der Waals surface area (Å²) in [5.41, 5.74) is 2.22. The summed E-state index contributed by atoms with van der Waals surface area (Å²) in [5.74, 6) is 0.576. The Morgan fingerprint density at radius 2 is 1.88 bits per heavy atom. The summed E-state index contributed by atoms with van der Waals surface area (Å²) < 4.78 is 10.6. The molecule has 0 spiro atoms. The minimum absolute atomic E-state index is 0.123. The van der Waals surface area contributed by atoms with Crippen LogP contribution in [0.15, 0.2) is 48.5 Å². The van der Waals surface area contributed by atoms with Gasteiger partial charge in [0.25, 0.3) is 0 Å². The number of carbonyl (C=O) groups is 1. The Hall–Kier alpha value is -2.69. The van der Waals surface area contributed by atoms with Crippen molar-refractivity contribution in [3.63, 3.8) is 0 Å². The lowest BCUT2D eigenvalue weighted by Crippen LogP contribution is -2.30. The van der Waals surface area contributed by atoms with E-state index in [1.54, 1.807) is 6.07 Å². The quantitative estimate of drug-likeness (QED) is 0.709. The van der Waals surface area contributed by atoms with Gasteiger partial charge in [0, 0.05) is 6.54 Å². The molecule has 140 valence electrons. The van der Waals surface area contributed by atoms with Gasteiger partial charge >= 0.3 is 6.09 Å². The molecule has 2 aromatic rings. The number of methoxy groups -OCH3 is 1. The van der Waals surface area contributed by atoms with Crippen LogP contribution in [0, 0.1) is 0 Å². The van der Waals surface area contributed by atoms with Gasteiger partial charge in [-0.1, -0.05) is 43.3 Å². The molecule has 0 saturated heterocycles. The fourth-order valence-electron chi connectivity index (χ4n) is 2.70. The largest absolute Gasteiger partial charge is 0.504 e. The molecule has 1 unspecified atom stereocenters. The van der Waals surface area contributed by atoms with E-state index in [1.165, 1.54) is 12.7 Å². The number of alkyl carbamates (subject to hydrolysis) is 1. The first-order valence-corrected chi connectivity index (χ1v) is 8.96. The van der Waals surface area contributed by atoms with E-state index in [0.717, 1.165) is 31.2 Å². The maximum absolute atomic E-state index is 12.0. The van der Waals surface area contributed by atoms with Crippen LogP contribution in [-0.2, 0) is 17.6 Å². The summed E-state index contributed by atoms with van der Waals surface area (Å²) in [6.07, 6.45) is 2.47. The van der Waals surface area contributed by atoms with Gasteiger partial charge in [0.05, 0.1) is 7.11 Å². The number of ether oxygens (including phenoxy) is 2. The summed E-state index contributed by atoms with van der Waals surface area (Å²) in [7, 11) is 1.52. The predicted molar refractivity (Wildman–Crippen MR) is 102 cm³/mol. The van der Waals surface area contributed by atoms with E-state index in [-0.39, 0.29) is 17.9 Å². The van der Waals surface area contributed by atoms with Crippen molar-refractivity contribution in [3.05, 3.63) is 59.7 Å². The van der Waals surface area contributed by atoms with Crippen molar-refractivity contribution in [2.75, 3.05) is 13.7 Å². The number of aryl methyl sites for hydroxylation is 1. The number of benzene rings is 2. The molecule has 2 aromatic carbocycles. The highest BCUT2D eigenvalue weighted by atomic mass is 16.6. The van der Waals surface area contributed by atoms with Crippen LogP contribution >= 0.6 is 0 Å². The van der Waals surface area contributed by atoms with Crippen LogP contribution in [0.25, 0.3) is 0 Å². The van der Waals surface area contributed by atoms with Gasteiger partial charge in [-0.3, -0.25) is 0 Å². The second kappa shape index (κ2) is 10.3. The fraction of sp³-hybridized carbons (Fsp3) is 0.381. The number of hydrogen-bond donors (Lipinski definition) is 2. The van der Waals surface area contributed by atoms with Crippen LogP contribution in [0.2, 0.25) is 0 Å². The molecule has 0 aliphatic rings. The maximum Gasteiger partial charge on any atom is 0.407 e. The van der Waals surface area contributed by atoms with Crippen LogP contribution in [0.3, 0.4) is 0 Å². The highest BCUT2D eigenvalue weighted by molar-refractivity contribution is 5.67. The van der Waals surface area contributed by atoms with E-state index in [4.69, 9.17) is 9.47 Å². The second-order valence-electron chi connectivity index (χ2n) is 6.14. The molecule has 0 aliphatic carbocycles. The first-order valence-electron chi connectivity index (χ1n) is 8.96. The standard InChI is InChI=1S/C21H27NO4/c1-3-18(11-9-17-10-12-19(23)20(15-17)25-2)26-21(24)22-14-13-16-7-5-4-6-8-16/h4-8,10,12,15,18,23H,3,9,11,13-14H2,1-2H3,(H,22,24). The minimum Gasteiger partial charge on any atom is -0.504 e.